The van der Waals surface area contributed by atoms with Crippen molar-refractivity contribution in [2.45, 2.75) is 43.9 Å². The fourth-order valence-electron chi connectivity index (χ4n) is 2.91. The Morgan fingerprint density at radius 1 is 1.43 bits per heavy atom. The lowest BCUT2D eigenvalue weighted by Gasteiger charge is -2.51. The van der Waals surface area contributed by atoms with E-state index in [-0.39, 0.29) is 17.6 Å². The molecule has 0 radical (unpaired) electrons. The molecular weight excluding hydrogens is 310 g/mol. The summed E-state index contributed by atoms with van der Waals surface area (Å²) in [6, 6.07) is 5.27. The van der Waals surface area contributed by atoms with Gasteiger partial charge in [0, 0.05) is 42.0 Å². The van der Waals surface area contributed by atoms with E-state index in [1.807, 2.05) is 0 Å². The molecule has 21 heavy (non-hydrogen) atoms. The number of sulfone groups is 1. The molecule has 118 valence electrons. The van der Waals surface area contributed by atoms with Crippen molar-refractivity contribution in [3.63, 3.8) is 0 Å². The Labute approximate surface area is 131 Å². The minimum Gasteiger partial charge on any atom is -0.381 e. The number of halogens is 1. The van der Waals surface area contributed by atoms with E-state index in [4.69, 9.17) is 16.3 Å². The average molecular weight is 332 g/mol. The summed E-state index contributed by atoms with van der Waals surface area (Å²) in [5.41, 5.74) is 0.666. The molecule has 0 spiro atoms. The lowest BCUT2D eigenvalue weighted by Crippen LogP contribution is -2.60. The molecule has 1 aromatic rings. The molecule has 0 bridgehead atoms. The highest BCUT2D eigenvalue weighted by Crippen LogP contribution is 2.42. The Balaban J connectivity index is 2.15. The Morgan fingerprint density at radius 2 is 2.10 bits per heavy atom. The normalized spacial score (nSPS) is 24.6. The summed E-state index contributed by atoms with van der Waals surface area (Å²) in [5, 5.41) is 3.89. The van der Waals surface area contributed by atoms with Gasteiger partial charge in [-0.1, -0.05) is 31.5 Å². The van der Waals surface area contributed by atoms with E-state index in [0.717, 1.165) is 6.42 Å². The maximum Gasteiger partial charge on any atom is 0.175 e. The van der Waals surface area contributed by atoms with E-state index in [2.05, 4.69) is 19.2 Å². The van der Waals surface area contributed by atoms with E-state index >= 15 is 0 Å². The topological polar surface area (TPSA) is 55.4 Å². The SMILES string of the molecule is COC1CC(NCc2c(Cl)cccc2S(C)(=O)=O)C1(C)C. The lowest BCUT2D eigenvalue weighted by molar-refractivity contribution is -0.0979. The van der Waals surface area contributed by atoms with E-state index < -0.39 is 9.84 Å². The van der Waals surface area contributed by atoms with Crippen molar-refractivity contribution in [1.29, 1.82) is 0 Å². The highest BCUT2D eigenvalue weighted by molar-refractivity contribution is 7.90. The maximum atomic E-state index is 11.9. The predicted octanol–water partition coefficient (Wildman–Crippen LogP) is 2.65. The van der Waals surface area contributed by atoms with Crippen LogP contribution in [-0.4, -0.2) is 33.9 Å². The molecule has 1 N–H and O–H groups in total. The summed E-state index contributed by atoms with van der Waals surface area (Å²) in [6.45, 7) is 4.73. The average Bonchev–Trinajstić information content (AvgIpc) is 2.38. The first kappa shape index (κ1) is 16.7. The highest BCUT2D eigenvalue weighted by atomic mass is 35.5. The van der Waals surface area contributed by atoms with Gasteiger partial charge in [0.15, 0.2) is 9.84 Å². The van der Waals surface area contributed by atoms with Gasteiger partial charge in [-0.05, 0) is 18.6 Å². The van der Waals surface area contributed by atoms with Crippen LogP contribution < -0.4 is 5.32 Å². The molecule has 1 aliphatic carbocycles. The molecule has 4 nitrogen and oxygen atoms in total. The standard InChI is InChI=1S/C15H22ClNO3S/c1-15(2)13(8-14(15)20-3)17-9-10-11(16)6-5-7-12(10)21(4,18)19/h5-7,13-14,17H,8-9H2,1-4H3. The first-order chi connectivity index (χ1) is 9.67. The Kier molecular flexibility index (Phi) is 4.69. The first-order valence-electron chi connectivity index (χ1n) is 6.91. The summed E-state index contributed by atoms with van der Waals surface area (Å²) >= 11 is 6.18. The smallest absolute Gasteiger partial charge is 0.175 e. The van der Waals surface area contributed by atoms with Crippen LogP contribution in [0.3, 0.4) is 0 Å². The zero-order valence-electron chi connectivity index (χ0n) is 12.8. The van der Waals surface area contributed by atoms with Crippen LogP contribution in [-0.2, 0) is 21.1 Å². The fraction of sp³-hybridized carbons (Fsp3) is 0.600. The van der Waals surface area contributed by atoms with Crippen LogP contribution in [0.15, 0.2) is 23.1 Å². The second kappa shape index (κ2) is 5.88. The summed E-state index contributed by atoms with van der Waals surface area (Å²) in [4.78, 5) is 0.294. The van der Waals surface area contributed by atoms with Crippen LogP contribution >= 0.6 is 11.6 Å². The predicted molar refractivity (Wildman–Crippen MR) is 84.4 cm³/mol. The second-order valence-corrected chi connectivity index (χ2v) is 8.59. The fourth-order valence-corrected chi connectivity index (χ4v) is 4.17. The third kappa shape index (κ3) is 3.26. The van der Waals surface area contributed by atoms with Crippen molar-refractivity contribution >= 4 is 21.4 Å². The molecule has 1 aliphatic rings. The number of hydrogen-bond donors (Lipinski definition) is 1. The van der Waals surface area contributed by atoms with Gasteiger partial charge >= 0.3 is 0 Å². The Hall–Kier alpha value is -0.620. The molecule has 0 heterocycles. The van der Waals surface area contributed by atoms with Crippen molar-refractivity contribution in [3.8, 4) is 0 Å². The molecule has 0 aliphatic heterocycles. The third-order valence-electron chi connectivity index (χ3n) is 4.46. The number of benzene rings is 1. The summed E-state index contributed by atoms with van der Waals surface area (Å²) in [5.74, 6) is 0. The summed E-state index contributed by atoms with van der Waals surface area (Å²) in [7, 11) is -1.57. The van der Waals surface area contributed by atoms with Gasteiger partial charge in [0.2, 0.25) is 0 Å². The Morgan fingerprint density at radius 3 is 2.62 bits per heavy atom. The van der Waals surface area contributed by atoms with Crippen molar-refractivity contribution in [2.75, 3.05) is 13.4 Å². The molecule has 1 saturated carbocycles. The molecular formula is C15H22ClNO3S. The molecule has 2 rings (SSSR count). The minimum atomic E-state index is -3.29. The van der Waals surface area contributed by atoms with E-state index in [1.54, 1.807) is 25.3 Å². The van der Waals surface area contributed by atoms with E-state index in [0.29, 0.717) is 22.0 Å². The van der Waals surface area contributed by atoms with Crippen molar-refractivity contribution in [1.82, 2.24) is 5.32 Å². The van der Waals surface area contributed by atoms with Gasteiger partial charge in [0.05, 0.1) is 11.0 Å². The van der Waals surface area contributed by atoms with Crippen LogP contribution in [0.25, 0.3) is 0 Å². The van der Waals surface area contributed by atoms with Gasteiger partial charge in [0.25, 0.3) is 0 Å². The number of hydrogen-bond acceptors (Lipinski definition) is 4. The second-order valence-electron chi connectivity index (χ2n) is 6.20. The van der Waals surface area contributed by atoms with Crippen LogP contribution in [0.1, 0.15) is 25.8 Å². The first-order valence-corrected chi connectivity index (χ1v) is 9.18. The summed E-state index contributed by atoms with van der Waals surface area (Å²) < 4.78 is 29.1. The van der Waals surface area contributed by atoms with Gasteiger partial charge in [-0.25, -0.2) is 8.42 Å². The summed E-state index contributed by atoms with van der Waals surface area (Å²) in [6.07, 6.45) is 2.36. The van der Waals surface area contributed by atoms with Crippen molar-refractivity contribution in [2.24, 2.45) is 5.41 Å². The van der Waals surface area contributed by atoms with Gasteiger partial charge in [-0.3, -0.25) is 0 Å². The minimum absolute atomic E-state index is 0.0290. The van der Waals surface area contributed by atoms with Gasteiger partial charge in [-0.2, -0.15) is 0 Å². The van der Waals surface area contributed by atoms with E-state index in [9.17, 15) is 8.42 Å². The molecule has 2 unspecified atom stereocenters. The number of methoxy groups -OCH3 is 1. The third-order valence-corrected chi connectivity index (χ3v) is 6.00. The van der Waals surface area contributed by atoms with Crippen LogP contribution in [0.4, 0.5) is 0 Å². The van der Waals surface area contributed by atoms with Crippen LogP contribution in [0.2, 0.25) is 5.02 Å². The van der Waals surface area contributed by atoms with Crippen molar-refractivity contribution in [3.05, 3.63) is 28.8 Å². The van der Waals surface area contributed by atoms with Gasteiger partial charge in [0.1, 0.15) is 0 Å². The molecule has 0 aromatic heterocycles. The lowest BCUT2D eigenvalue weighted by atomic mass is 9.64. The number of rotatable bonds is 5. The highest BCUT2D eigenvalue weighted by Gasteiger charge is 2.48. The molecule has 0 amide bonds. The van der Waals surface area contributed by atoms with Crippen LogP contribution in [0.5, 0.6) is 0 Å². The quantitative estimate of drug-likeness (QED) is 0.901. The molecule has 1 aromatic carbocycles. The van der Waals surface area contributed by atoms with Gasteiger partial charge < -0.3 is 10.1 Å². The molecule has 6 heteroatoms. The monoisotopic (exact) mass is 331 g/mol. The van der Waals surface area contributed by atoms with Crippen LogP contribution in [0, 0.1) is 5.41 Å². The maximum absolute atomic E-state index is 11.9. The van der Waals surface area contributed by atoms with Crippen molar-refractivity contribution < 1.29 is 13.2 Å². The van der Waals surface area contributed by atoms with Gasteiger partial charge in [-0.15, -0.1) is 0 Å². The largest absolute Gasteiger partial charge is 0.381 e. The number of ether oxygens (including phenoxy) is 1. The zero-order chi connectivity index (χ0) is 15.8. The molecule has 2 atom stereocenters. The Bertz CT molecular complexity index is 628. The molecule has 1 fully saturated rings. The van der Waals surface area contributed by atoms with E-state index in [1.165, 1.54) is 6.26 Å². The zero-order valence-corrected chi connectivity index (χ0v) is 14.4. The molecule has 0 saturated heterocycles. The number of nitrogens with one attached hydrogen (secondary N) is 1.